The summed E-state index contributed by atoms with van der Waals surface area (Å²) in [4.78, 5) is 9.50. The van der Waals surface area contributed by atoms with Crippen molar-refractivity contribution in [3.8, 4) is 17.2 Å². The second kappa shape index (κ2) is 6.30. The summed E-state index contributed by atoms with van der Waals surface area (Å²) in [5.74, 6) is 0.342. The van der Waals surface area contributed by atoms with Crippen molar-refractivity contribution in [1.82, 2.24) is 9.97 Å². The normalized spacial score (nSPS) is 10.6. The first-order valence-corrected chi connectivity index (χ1v) is 8.38. The number of para-hydroxylation sites is 1. The number of halogens is 1. The van der Waals surface area contributed by atoms with Gasteiger partial charge in [-0.05, 0) is 29.8 Å². The van der Waals surface area contributed by atoms with Crippen LogP contribution in [-0.2, 0) is 0 Å². The Morgan fingerprint density at radius 3 is 2.64 bits per heavy atom. The highest BCUT2D eigenvalue weighted by atomic mass is 32.1. The lowest BCUT2D eigenvalue weighted by atomic mass is 10.1. The summed E-state index contributed by atoms with van der Waals surface area (Å²) in [5, 5.41) is 15.3. The van der Waals surface area contributed by atoms with E-state index in [1.54, 1.807) is 18.2 Å². The third-order valence-corrected chi connectivity index (χ3v) is 4.71. The third-order valence-electron chi connectivity index (χ3n) is 3.83. The van der Waals surface area contributed by atoms with Gasteiger partial charge in [0.25, 0.3) is 0 Å². The molecular formula is C19H11FN4S. The van der Waals surface area contributed by atoms with E-state index in [4.69, 9.17) is 0 Å². The molecule has 1 N–H and O–H groups in total. The third kappa shape index (κ3) is 2.82. The first kappa shape index (κ1) is 15.2. The smallest absolute Gasteiger partial charge is 0.143 e. The standard InChI is InChI=1S/C19H11FN4S/c20-14-7-5-12(6-8-14)15-10-25-19-17(15)18(22-11-23-19)24-16-4-2-1-3-13(16)9-21/h1-8,10-11H,(H,22,23,24). The van der Waals surface area contributed by atoms with Gasteiger partial charge in [0.05, 0.1) is 16.6 Å². The number of hydrogen-bond donors (Lipinski definition) is 1. The quantitative estimate of drug-likeness (QED) is 0.560. The molecule has 0 aliphatic carbocycles. The molecule has 0 radical (unpaired) electrons. The number of fused-ring (bicyclic) bond motifs is 1. The summed E-state index contributed by atoms with van der Waals surface area (Å²) in [7, 11) is 0. The fraction of sp³-hybridized carbons (Fsp3) is 0. The summed E-state index contributed by atoms with van der Waals surface area (Å²) >= 11 is 1.50. The maximum atomic E-state index is 13.2. The molecule has 120 valence electrons. The lowest BCUT2D eigenvalue weighted by Crippen LogP contribution is -1.97. The number of nitrogens with one attached hydrogen (secondary N) is 1. The van der Waals surface area contributed by atoms with E-state index in [9.17, 15) is 9.65 Å². The van der Waals surface area contributed by atoms with Crippen LogP contribution in [0.25, 0.3) is 21.3 Å². The minimum atomic E-state index is -0.277. The van der Waals surface area contributed by atoms with Crippen LogP contribution < -0.4 is 5.32 Å². The molecule has 2 aromatic heterocycles. The number of rotatable bonds is 3. The number of nitrogens with zero attached hydrogens (tertiary/aromatic N) is 3. The largest absolute Gasteiger partial charge is 0.338 e. The van der Waals surface area contributed by atoms with Crippen molar-refractivity contribution in [3.63, 3.8) is 0 Å². The van der Waals surface area contributed by atoms with Gasteiger partial charge in [0, 0.05) is 10.9 Å². The Bertz CT molecular complexity index is 1100. The van der Waals surface area contributed by atoms with E-state index in [1.165, 1.54) is 29.8 Å². The zero-order valence-electron chi connectivity index (χ0n) is 12.9. The average molecular weight is 346 g/mol. The summed E-state index contributed by atoms with van der Waals surface area (Å²) in [6.45, 7) is 0. The van der Waals surface area contributed by atoms with Gasteiger partial charge in [-0.1, -0.05) is 24.3 Å². The summed E-state index contributed by atoms with van der Waals surface area (Å²) < 4.78 is 13.2. The number of thiophene rings is 1. The van der Waals surface area contributed by atoms with Crippen LogP contribution in [0.15, 0.2) is 60.2 Å². The molecule has 0 atom stereocenters. The molecule has 0 saturated heterocycles. The molecule has 0 saturated carbocycles. The van der Waals surface area contributed by atoms with Gasteiger partial charge in [-0.3, -0.25) is 0 Å². The first-order chi connectivity index (χ1) is 12.3. The Morgan fingerprint density at radius 2 is 1.84 bits per heavy atom. The Labute approximate surface area is 147 Å². The van der Waals surface area contributed by atoms with Crippen LogP contribution in [-0.4, -0.2) is 9.97 Å². The fourth-order valence-corrected chi connectivity index (χ4v) is 3.54. The van der Waals surface area contributed by atoms with Crippen LogP contribution in [0.4, 0.5) is 15.9 Å². The molecule has 4 aromatic rings. The SMILES string of the molecule is N#Cc1ccccc1Nc1ncnc2scc(-c3ccc(F)cc3)c12. The van der Waals surface area contributed by atoms with E-state index in [0.29, 0.717) is 17.1 Å². The molecule has 4 nitrogen and oxygen atoms in total. The van der Waals surface area contributed by atoms with E-state index in [1.807, 2.05) is 23.6 Å². The Morgan fingerprint density at radius 1 is 1.04 bits per heavy atom. The van der Waals surface area contributed by atoms with E-state index >= 15 is 0 Å². The van der Waals surface area contributed by atoms with Crippen LogP contribution in [0.5, 0.6) is 0 Å². The van der Waals surface area contributed by atoms with Gasteiger partial charge >= 0.3 is 0 Å². The molecule has 0 aliphatic heterocycles. The van der Waals surface area contributed by atoms with E-state index in [-0.39, 0.29) is 5.82 Å². The van der Waals surface area contributed by atoms with Gasteiger partial charge < -0.3 is 5.32 Å². The predicted octanol–water partition coefficient (Wildman–Crippen LogP) is 5.11. The van der Waals surface area contributed by atoms with Crippen molar-refractivity contribution in [2.45, 2.75) is 0 Å². The highest BCUT2D eigenvalue weighted by Gasteiger charge is 2.14. The van der Waals surface area contributed by atoms with Crippen molar-refractivity contribution >= 4 is 33.1 Å². The van der Waals surface area contributed by atoms with Gasteiger partial charge in [-0.25, -0.2) is 14.4 Å². The molecule has 6 heteroatoms. The summed E-state index contributed by atoms with van der Waals surface area (Å²) in [5.41, 5.74) is 3.03. The van der Waals surface area contributed by atoms with Gasteiger partial charge in [0.15, 0.2) is 0 Å². The van der Waals surface area contributed by atoms with Crippen LogP contribution in [0.2, 0.25) is 0 Å². The van der Waals surface area contributed by atoms with Crippen LogP contribution in [0.3, 0.4) is 0 Å². The highest BCUT2D eigenvalue weighted by Crippen LogP contribution is 2.37. The molecule has 0 fully saturated rings. The van der Waals surface area contributed by atoms with E-state index in [2.05, 4.69) is 21.4 Å². The molecule has 0 amide bonds. The molecule has 4 rings (SSSR count). The molecular weight excluding hydrogens is 335 g/mol. The Hall–Kier alpha value is -3.30. The number of anilines is 2. The van der Waals surface area contributed by atoms with Crippen molar-refractivity contribution in [2.24, 2.45) is 0 Å². The summed E-state index contributed by atoms with van der Waals surface area (Å²) in [6, 6.07) is 15.7. The van der Waals surface area contributed by atoms with E-state index < -0.39 is 0 Å². The van der Waals surface area contributed by atoms with E-state index in [0.717, 1.165) is 21.3 Å². The van der Waals surface area contributed by atoms with Crippen molar-refractivity contribution in [1.29, 1.82) is 5.26 Å². The van der Waals surface area contributed by atoms with Crippen LogP contribution >= 0.6 is 11.3 Å². The molecule has 2 aromatic carbocycles. The van der Waals surface area contributed by atoms with Crippen molar-refractivity contribution in [3.05, 3.63) is 71.6 Å². The molecule has 0 unspecified atom stereocenters. The van der Waals surface area contributed by atoms with Crippen molar-refractivity contribution < 1.29 is 4.39 Å². The zero-order chi connectivity index (χ0) is 17.2. The predicted molar refractivity (Wildman–Crippen MR) is 97.2 cm³/mol. The molecule has 25 heavy (non-hydrogen) atoms. The maximum Gasteiger partial charge on any atom is 0.143 e. The van der Waals surface area contributed by atoms with Gasteiger partial charge in [-0.15, -0.1) is 11.3 Å². The van der Waals surface area contributed by atoms with Crippen LogP contribution in [0.1, 0.15) is 5.56 Å². The topological polar surface area (TPSA) is 61.6 Å². The molecule has 2 heterocycles. The number of nitriles is 1. The first-order valence-electron chi connectivity index (χ1n) is 7.50. The molecule has 0 spiro atoms. The highest BCUT2D eigenvalue weighted by molar-refractivity contribution is 7.17. The number of aromatic nitrogens is 2. The second-order valence-corrected chi connectivity index (χ2v) is 6.20. The lowest BCUT2D eigenvalue weighted by molar-refractivity contribution is 0.628. The number of hydrogen-bond acceptors (Lipinski definition) is 5. The average Bonchev–Trinajstić information content (AvgIpc) is 3.08. The van der Waals surface area contributed by atoms with Gasteiger partial charge in [0.2, 0.25) is 0 Å². The Kier molecular flexibility index (Phi) is 3.84. The Balaban J connectivity index is 1.86. The van der Waals surface area contributed by atoms with Gasteiger partial charge in [-0.2, -0.15) is 5.26 Å². The number of benzene rings is 2. The molecule has 0 bridgehead atoms. The summed E-state index contributed by atoms with van der Waals surface area (Å²) in [6.07, 6.45) is 1.49. The second-order valence-electron chi connectivity index (χ2n) is 5.34. The maximum absolute atomic E-state index is 13.2. The monoisotopic (exact) mass is 346 g/mol. The van der Waals surface area contributed by atoms with Gasteiger partial charge in [0.1, 0.15) is 28.9 Å². The van der Waals surface area contributed by atoms with Crippen LogP contribution in [0, 0.1) is 17.1 Å². The zero-order valence-corrected chi connectivity index (χ0v) is 13.7. The van der Waals surface area contributed by atoms with Crippen molar-refractivity contribution in [2.75, 3.05) is 5.32 Å². The lowest BCUT2D eigenvalue weighted by Gasteiger charge is -2.09. The minimum absolute atomic E-state index is 0.277. The molecule has 0 aliphatic rings. The fourth-order valence-electron chi connectivity index (χ4n) is 2.63. The minimum Gasteiger partial charge on any atom is -0.338 e.